The molecule has 0 aromatic heterocycles. The van der Waals surface area contributed by atoms with E-state index in [-0.39, 0.29) is 30.1 Å². The lowest BCUT2D eigenvalue weighted by Gasteiger charge is -2.45. The fourth-order valence-electron chi connectivity index (χ4n) is 5.13. The summed E-state index contributed by atoms with van der Waals surface area (Å²) in [7, 11) is 2.96. The van der Waals surface area contributed by atoms with Gasteiger partial charge in [0.1, 0.15) is 17.0 Å². The molecule has 2 aromatic carbocycles. The summed E-state index contributed by atoms with van der Waals surface area (Å²) in [6, 6.07) is 13.7. The summed E-state index contributed by atoms with van der Waals surface area (Å²) in [6.07, 6.45) is 2.14. The molecule has 0 unspecified atom stereocenters. The minimum atomic E-state index is -1.28. The van der Waals surface area contributed by atoms with Crippen molar-refractivity contribution in [2.24, 2.45) is 5.41 Å². The summed E-state index contributed by atoms with van der Waals surface area (Å²) in [4.78, 5) is 28.7. The van der Waals surface area contributed by atoms with Crippen molar-refractivity contribution in [3.8, 4) is 5.75 Å². The van der Waals surface area contributed by atoms with E-state index in [0.717, 1.165) is 29.7 Å². The van der Waals surface area contributed by atoms with E-state index in [2.05, 4.69) is 4.90 Å². The van der Waals surface area contributed by atoms with Crippen LogP contribution in [0.15, 0.2) is 48.5 Å². The maximum absolute atomic E-state index is 13.4. The Morgan fingerprint density at radius 1 is 1.13 bits per heavy atom. The van der Waals surface area contributed by atoms with Crippen LogP contribution >= 0.6 is 0 Å². The number of piperidine rings is 1. The maximum atomic E-state index is 13.4. The van der Waals surface area contributed by atoms with Gasteiger partial charge in [-0.3, -0.25) is 14.5 Å². The zero-order chi connectivity index (χ0) is 21.3. The molecule has 2 saturated heterocycles. The van der Waals surface area contributed by atoms with E-state index in [1.165, 1.54) is 19.2 Å². The number of ketones is 1. The Balaban J connectivity index is 1.70. The van der Waals surface area contributed by atoms with E-state index in [9.17, 15) is 14.0 Å². The number of methoxy groups -OCH3 is 2. The Hall–Kier alpha value is -2.73. The number of halogens is 1. The first-order valence-electron chi connectivity index (χ1n) is 10.2. The number of hydrogen-bond donors (Lipinski definition) is 0. The Bertz CT molecular complexity index is 944. The summed E-state index contributed by atoms with van der Waals surface area (Å²) in [5.41, 5.74) is 0.543. The molecule has 2 aliphatic rings. The number of carbonyl (C=O) groups excluding carboxylic acids is 2. The Labute approximate surface area is 175 Å². The van der Waals surface area contributed by atoms with Crippen molar-refractivity contribution in [2.75, 3.05) is 14.2 Å². The highest BCUT2D eigenvalue weighted by Gasteiger charge is 2.61. The zero-order valence-corrected chi connectivity index (χ0v) is 17.3. The second kappa shape index (κ2) is 8.19. The summed E-state index contributed by atoms with van der Waals surface area (Å²) in [5.74, 6) is -0.147. The predicted octanol–water partition coefficient (Wildman–Crippen LogP) is 3.54. The van der Waals surface area contributed by atoms with Crippen LogP contribution < -0.4 is 4.74 Å². The summed E-state index contributed by atoms with van der Waals surface area (Å²) >= 11 is 0. The average Bonchev–Trinajstić information content (AvgIpc) is 3.07. The molecule has 2 heterocycles. The van der Waals surface area contributed by atoms with E-state index in [1.54, 1.807) is 19.2 Å². The van der Waals surface area contributed by atoms with Crippen LogP contribution in [-0.2, 0) is 27.3 Å². The largest absolute Gasteiger partial charge is 0.497 e. The van der Waals surface area contributed by atoms with Gasteiger partial charge in [0.05, 0.1) is 14.2 Å². The van der Waals surface area contributed by atoms with Gasteiger partial charge in [0.15, 0.2) is 5.78 Å². The van der Waals surface area contributed by atoms with Crippen molar-refractivity contribution < 1.29 is 23.5 Å². The minimum absolute atomic E-state index is 0.0759. The highest BCUT2D eigenvalue weighted by atomic mass is 19.1. The third kappa shape index (κ3) is 3.49. The topological polar surface area (TPSA) is 55.8 Å². The molecule has 0 N–H and O–H groups in total. The van der Waals surface area contributed by atoms with Gasteiger partial charge in [0.25, 0.3) is 0 Å². The summed E-state index contributed by atoms with van der Waals surface area (Å²) in [6.45, 7) is 0.627. The molecule has 0 saturated carbocycles. The molecular formula is C24H26FNO4. The summed E-state index contributed by atoms with van der Waals surface area (Å²) in [5, 5.41) is 0. The van der Waals surface area contributed by atoms with Crippen molar-refractivity contribution in [1.82, 2.24) is 4.90 Å². The first kappa shape index (κ1) is 20.5. The van der Waals surface area contributed by atoms with Crippen LogP contribution in [0.25, 0.3) is 0 Å². The van der Waals surface area contributed by atoms with Gasteiger partial charge in [-0.1, -0.05) is 24.3 Å². The maximum Gasteiger partial charge on any atom is 0.321 e. The predicted molar refractivity (Wildman–Crippen MR) is 110 cm³/mol. The highest BCUT2D eigenvalue weighted by molar-refractivity contribution is 6.06. The first-order chi connectivity index (χ1) is 14.5. The van der Waals surface area contributed by atoms with E-state index >= 15 is 0 Å². The number of hydrogen-bond acceptors (Lipinski definition) is 5. The van der Waals surface area contributed by atoms with Gasteiger partial charge in [-0.25, -0.2) is 4.39 Å². The van der Waals surface area contributed by atoms with Crippen LogP contribution in [0.2, 0.25) is 0 Å². The number of nitrogens with zero attached hydrogens (tertiary/aromatic N) is 1. The lowest BCUT2D eigenvalue weighted by atomic mass is 9.68. The molecule has 0 aliphatic carbocycles. The standard InChI is InChI=1S/C24H26FNO4/c1-29-20-5-3-4-17(12-20)15-26-19-10-11-21(26)24(22(27)13-19,23(28)30-2)14-16-6-8-18(25)9-7-16/h3-9,12,19,21H,10-11,13-15H2,1-2H3/t19-,21+,24+/m0/s1. The fraction of sp³-hybridized carbons (Fsp3) is 0.417. The molecule has 6 heteroatoms. The second-order valence-corrected chi connectivity index (χ2v) is 8.16. The molecule has 158 valence electrons. The molecule has 4 rings (SSSR count). The van der Waals surface area contributed by atoms with Crippen molar-refractivity contribution in [3.05, 3.63) is 65.5 Å². The van der Waals surface area contributed by atoms with Crippen LogP contribution in [0.1, 0.15) is 30.4 Å². The number of benzene rings is 2. The van der Waals surface area contributed by atoms with E-state index in [1.807, 2.05) is 24.3 Å². The van der Waals surface area contributed by atoms with Gasteiger partial charge in [0, 0.05) is 25.0 Å². The number of rotatable bonds is 6. The number of esters is 1. The van der Waals surface area contributed by atoms with Crippen molar-refractivity contribution in [2.45, 2.75) is 44.3 Å². The van der Waals surface area contributed by atoms with Crippen molar-refractivity contribution >= 4 is 11.8 Å². The van der Waals surface area contributed by atoms with Crippen LogP contribution in [0.5, 0.6) is 5.75 Å². The normalized spacial score (nSPS) is 25.9. The Morgan fingerprint density at radius 3 is 2.60 bits per heavy atom. The Kier molecular flexibility index (Phi) is 5.60. The zero-order valence-electron chi connectivity index (χ0n) is 17.3. The van der Waals surface area contributed by atoms with Gasteiger partial charge in [-0.05, 0) is 54.7 Å². The van der Waals surface area contributed by atoms with E-state index in [0.29, 0.717) is 13.0 Å². The van der Waals surface area contributed by atoms with Gasteiger partial charge in [-0.15, -0.1) is 0 Å². The quantitative estimate of drug-likeness (QED) is 0.538. The van der Waals surface area contributed by atoms with Crippen molar-refractivity contribution in [1.29, 1.82) is 0 Å². The Morgan fingerprint density at radius 2 is 1.90 bits per heavy atom. The highest BCUT2D eigenvalue weighted by Crippen LogP contribution is 2.48. The molecule has 30 heavy (non-hydrogen) atoms. The minimum Gasteiger partial charge on any atom is -0.497 e. The van der Waals surface area contributed by atoms with Crippen LogP contribution in [0, 0.1) is 11.2 Å². The lowest BCUT2D eigenvalue weighted by Crippen LogP contribution is -2.61. The molecule has 0 radical (unpaired) electrons. The van der Waals surface area contributed by atoms with Gasteiger partial charge < -0.3 is 9.47 Å². The SMILES string of the molecule is COC(=O)[C@@]1(Cc2ccc(F)cc2)C(=O)C[C@@H]2CC[C@H]1N2Cc1cccc(OC)c1. The number of fused-ring (bicyclic) bond motifs is 2. The number of ether oxygens (including phenoxy) is 2. The first-order valence-corrected chi connectivity index (χ1v) is 10.2. The number of carbonyl (C=O) groups is 2. The molecule has 0 amide bonds. The van der Waals surface area contributed by atoms with Crippen LogP contribution in [0.3, 0.4) is 0 Å². The van der Waals surface area contributed by atoms with Crippen molar-refractivity contribution in [3.63, 3.8) is 0 Å². The molecule has 3 atom stereocenters. The van der Waals surface area contributed by atoms with E-state index < -0.39 is 11.4 Å². The fourth-order valence-corrected chi connectivity index (χ4v) is 5.13. The average molecular weight is 411 g/mol. The van der Waals surface area contributed by atoms with Crippen LogP contribution in [0.4, 0.5) is 4.39 Å². The molecular weight excluding hydrogens is 385 g/mol. The molecule has 5 nitrogen and oxygen atoms in total. The lowest BCUT2D eigenvalue weighted by molar-refractivity contribution is -0.167. The molecule has 2 aliphatic heterocycles. The molecule has 2 bridgehead atoms. The van der Waals surface area contributed by atoms with Crippen LogP contribution in [-0.4, -0.2) is 43.0 Å². The second-order valence-electron chi connectivity index (χ2n) is 8.16. The van der Waals surface area contributed by atoms with Gasteiger partial charge in [0.2, 0.25) is 0 Å². The third-order valence-electron chi connectivity index (χ3n) is 6.58. The molecule has 0 spiro atoms. The monoisotopic (exact) mass is 411 g/mol. The molecule has 2 aromatic rings. The van der Waals surface area contributed by atoms with Gasteiger partial charge in [-0.2, -0.15) is 0 Å². The van der Waals surface area contributed by atoms with Gasteiger partial charge >= 0.3 is 5.97 Å². The third-order valence-corrected chi connectivity index (χ3v) is 6.58. The molecule has 2 fully saturated rings. The number of Topliss-reactive ketones (excluding diaryl/α,β-unsaturated/α-hetero) is 1. The smallest absolute Gasteiger partial charge is 0.321 e. The van der Waals surface area contributed by atoms with E-state index in [4.69, 9.17) is 9.47 Å². The summed E-state index contributed by atoms with van der Waals surface area (Å²) < 4.78 is 23.9.